The van der Waals surface area contributed by atoms with Gasteiger partial charge in [-0.3, -0.25) is 0 Å². The second-order valence-corrected chi connectivity index (χ2v) is 8.95. The summed E-state index contributed by atoms with van der Waals surface area (Å²) in [7, 11) is -1.54. The van der Waals surface area contributed by atoms with Gasteiger partial charge in [0.1, 0.15) is 11.6 Å². The molecule has 134 valence electrons. The predicted octanol–water partition coefficient (Wildman–Crippen LogP) is 2.25. The van der Waals surface area contributed by atoms with Gasteiger partial charge in [0.2, 0.25) is 10.0 Å². The first-order chi connectivity index (χ1) is 12.1. The van der Waals surface area contributed by atoms with E-state index in [1.165, 1.54) is 0 Å². The summed E-state index contributed by atoms with van der Waals surface area (Å²) in [5, 5.41) is 0.697. The number of hydrogen-bond acceptors (Lipinski definition) is 5. The lowest BCUT2D eigenvalue weighted by Crippen LogP contribution is -2.38. The summed E-state index contributed by atoms with van der Waals surface area (Å²) in [4.78, 5) is 6.79. The van der Waals surface area contributed by atoms with Crippen LogP contribution in [-0.2, 0) is 10.0 Å². The predicted molar refractivity (Wildman–Crippen MR) is 98.6 cm³/mol. The number of benzene rings is 1. The van der Waals surface area contributed by atoms with E-state index in [4.69, 9.17) is 9.72 Å². The van der Waals surface area contributed by atoms with Crippen molar-refractivity contribution in [3.05, 3.63) is 30.3 Å². The highest BCUT2D eigenvalue weighted by molar-refractivity contribution is 7.89. The van der Waals surface area contributed by atoms with Gasteiger partial charge in [-0.1, -0.05) is 0 Å². The highest BCUT2D eigenvalue weighted by Gasteiger charge is 2.38. The maximum atomic E-state index is 12.8. The minimum Gasteiger partial charge on any atom is -0.497 e. The Hall–Kier alpha value is -1.86. The Labute approximate surface area is 148 Å². The smallest absolute Gasteiger partial charge is 0.218 e. The molecule has 4 rings (SSSR count). The molecule has 2 aliphatic heterocycles. The number of nitrogens with zero attached hydrogens (tertiary/aromatic N) is 3. The average Bonchev–Trinajstić information content (AvgIpc) is 3.33. The van der Waals surface area contributed by atoms with E-state index < -0.39 is 10.0 Å². The number of rotatable bonds is 4. The van der Waals surface area contributed by atoms with Crippen LogP contribution in [0.5, 0.6) is 5.75 Å². The number of pyridine rings is 1. The summed E-state index contributed by atoms with van der Waals surface area (Å²) in [6.45, 7) is 2.60. The Morgan fingerprint density at radius 2 is 1.92 bits per heavy atom. The van der Waals surface area contributed by atoms with Gasteiger partial charge in [0.05, 0.1) is 17.9 Å². The Morgan fingerprint density at radius 1 is 1.12 bits per heavy atom. The van der Waals surface area contributed by atoms with Gasteiger partial charge in [-0.05, 0) is 49.6 Å². The van der Waals surface area contributed by atoms with Crippen molar-refractivity contribution < 1.29 is 13.2 Å². The van der Waals surface area contributed by atoms with Gasteiger partial charge in [0.25, 0.3) is 0 Å². The second-order valence-electron chi connectivity index (χ2n) is 6.74. The summed E-state index contributed by atoms with van der Waals surface area (Å²) in [6.07, 6.45) is 2.62. The molecule has 3 heterocycles. The molecule has 2 fully saturated rings. The molecule has 2 aliphatic rings. The molecular formula is C18H23N3O3S. The first-order valence-corrected chi connectivity index (χ1v) is 10.3. The number of aromatic nitrogens is 1. The van der Waals surface area contributed by atoms with Crippen molar-refractivity contribution in [1.82, 2.24) is 9.29 Å². The van der Waals surface area contributed by atoms with Gasteiger partial charge in [0, 0.05) is 31.6 Å². The molecular weight excluding hydrogens is 338 g/mol. The summed E-state index contributed by atoms with van der Waals surface area (Å²) < 4.78 is 32.4. The van der Waals surface area contributed by atoms with E-state index in [1.54, 1.807) is 11.4 Å². The van der Waals surface area contributed by atoms with E-state index in [-0.39, 0.29) is 5.25 Å². The number of fused-ring (bicyclic) bond motifs is 1. The molecule has 1 unspecified atom stereocenters. The molecule has 25 heavy (non-hydrogen) atoms. The van der Waals surface area contributed by atoms with Crippen molar-refractivity contribution in [3.8, 4) is 5.75 Å². The molecule has 1 aromatic heterocycles. The van der Waals surface area contributed by atoms with E-state index in [1.807, 2.05) is 30.3 Å². The number of sulfonamides is 1. The van der Waals surface area contributed by atoms with Crippen LogP contribution in [-0.4, -0.2) is 56.2 Å². The van der Waals surface area contributed by atoms with Gasteiger partial charge in [-0.25, -0.2) is 17.7 Å². The second kappa shape index (κ2) is 6.46. The SMILES string of the molecule is COc1ccc2nc(N3CCC(S(=O)(=O)N4CCCC4)C3)ccc2c1. The first kappa shape index (κ1) is 16.6. The molecule has 6 nitrogen and oxygen atoms in total. The summed E-state index contributed by atoms with van der Waals surface area (Å²) in [6, 6.07) is 9.77. The van der Waals surface area contributed by atoms with Crippen molar-refractivity contribution in [2.75, 3.05) is 38.2 Å². The molecule has 0 saturated carbocycles. The van der Waals surface area contributed by atoms with Crippen LogP contribution in [0.25, 0.3) is 10.9 Å². The molecule has 0 spiro atoms. The lowest BCUT2D eigenvalue weighted by molar-refractivity contribution is 0.415. The molecule has 2 saturated heterocycles. The van der Waals surface area contributed by atoms with Crippen LogP contribution in [0.2, 0.25) is 0 Å². The van der Waals surface area contributed by atoms with Gasteiger partial charge < -0.3 is 9.64 Å². The third-order valence-electron chi connectivity index (χ3n) is 5.20. The van der Waals surface area contributed by atoms with Crippen molar-refractivity contribution in [2.24, 2.45) is 0 Å². The zero-order valence-electron chi connectivity index (χ0n) is 14.4. The minimum atomic E-state index is -3.18. The number of methoxy groups -OCH3 is 1. The Kier molecular flexibility index (Phi) is 4.29. The van der Waals surface area contributed by atoms with Gasteiger partial charge in [-0.15, -0.1) is 0 Å². The van der Waals surface area contributed by atoms with E-state index in [2.05, 4.69) is 4.90 Å². The largest absolute Gasteiger partial charge is 0.497 e. The summed E-state index contributed by atoms with van der Waals surface area (Å²) in [5.41, 5.74) is 0.893. The Bertz CT molecular complexity index is 878. The maximum Gasteiger partial charge on any atom is 0.218 e. The third-order valence-corrected chi connectivity index (χ3v) is 7.51. The fourth-order valence-corrected chi connectivity index (χ4v) is 5.69. The standard InChI is InChI=1S/C18H23N3O3S/c1-24-15-5-6-17-14(12-15)4-7-18(19-17)20-11-8-16(13-20)25(22,23)21-9-2-3-10-21/h4-7,12,16H,2-3,8-11,13H2,1H3. The number of ether oxygens (including phenoxy) is 1. The van der Waals surface area contributed by atoms with E-state index in [0.29, 0.717) is 26.1 Å². The van der Waals surface area contributed by atoms with Crippen LogP contribution >= 0.6 is 0 Å². The average molecular weight is 361 g/mol. The quantitative estimate of drug-likeness (QED) is 0.836. The van der Waals surface area contributed by atoms with Crippen LogP contribution < -0.4 is 9.64 Å². The normalized spacial score (nSPS) is 22.0. The van der Waals surface area contributed by atoms with Gasteiger partial charge in [0.15, 0.2) is 0 Å². The summed E-state index contributed by atoms with van der Waals surface area (Å²) in [5.74, 6) is 1.65. The van der Waals surface area contributed by atoms with Crippen LogP contribution in [0.4, 0.5) is 5.82 Å². The molecule has 7 heteroatoms. The Balaban J connectivity index is 1.54. The zero-order valence-corrected chi connectivity index (χ0v) is 15.2. The monoisotopic (exact) mass is 361 g/mol. The van der Waals surface area contributed by atoms with Crippen molar-refractivity contribution in [2.45, 2.75) is 24.5 Å². The topological polar surface area (TPSA) is 62.7 Å². The molecule has 1 aromatic carbocycles. The van der Waals surface area contributed by atoms with Crippen molar-refractivity contribution >= 4 is 26.7 Å². The van der Waals surface area contributed by atoms with Gasteiger partial charge >= 0.3 is 0 Å². The molecule has 0 aliphatic carbocycles. The highest BCUT2D eigenvalue weighted by Crippen LogP contribution is 2.28. The van der Waals surface area contributed by atoms with Crippen LogP contribution in [0, 0.1) is 0 Å². The first-order valence-electron chi connectivity index (χ1n) is 8.76. The Morgan fingerprint density at radius 3 is 2.68 bits per heavy atom. The maximum absolute atomic E-state index is 12.8. The molecule has 2 aromatic rings. The van der Waals surface area contributed by atoms with Crippen LogP contribution in [0.1, 0.15) is 19.3 Å². The van der Waals surface area contributed by atoms with Crippen molar-refractivity contribution in [3.63, 3.8) is 0 Å². The molecule has 0 radical (unpaired) electrons. The lowest BCUT2D eigenvalue weighted by atomic mass is 10.2. The number of hydrogen-bond donors (Lipinski definition) is 0. The van der Waals surface area contributed by atoms with Crippen LogP contribution in [0.3, 0.4) is 0 Å². The fourth-order valence-electron chi connectivity index (χ4n) is 3.73. The zero-order chi connectivity index (χ0) is 17.4. The molecule has 0 amide bonds. The molecule has 0 bridgehead atoms. The van der Waals surface area contributed by atoms with Crippen molar-refractivity contribution in [1.29, 1.82) is 0 Å². The molecule has 0 N–H and O–H groups in total. The van der Waals surface area contributed by atoms with E-state index >= 15 is 0 Å². The van der Waals surface area contributed by atoms with E-state index in [9.17, 15) is 8.42 Å². The molecule has 1 atom stereocenters. The summed E-state index contributed by atoms with van der Waals surface area (Å²) >= 11 is 0. The van der Waals surface area contributed by atoms with E-state index in [0.717, 1.165) is 41.9 Å². The highest BCUT2D eigenvalue weighted by atomic mass is 32.2. The number of anilines is 1. The minimum absolute atomic E-state index is 0.320. The third kappa shape index (κ3) is 3.06. The van der Waals surface area contributed by atoms with Gasteiger partial charge in [-0.2, -0.15) is 0 Å². The fraction of sp³-hybridized carbons (Fsp3) is 0.500. The lowest BCUT2D eigenvalue weighted by Gasteiger charge is -2.22. The van der Waals surface area contributed by atoms with Crippen LogP contribution in [0.15, 0.2) is 30.3 Å².